The molecular formula is C22H21BrF4N4O3. The number of rotatable bonds is 5. The molecule has 12 heteroatoms. The van der Waals surface area contributed by atoms with Crippen LogP contribution < -0.4 is 16.4 Å². The predicted octanol–water partition coefficient (Wildman–Crippen LogP) is 4.41. The van der Waals surface area contributed by atoms with Gasteiger partial charge >= 0.3 is 0 Å². The van der Waals surface area contributed by atoms with Gasteiger partial charge in [-0.1, -0.05) is 18.2 Å². The van der Waals surface area contributed by atoms with E-state index in [-0.39, 0.29) is 46.3 Å². The van der Waals surface area contributed by atoms with Crippen molar-refractivity contribution >= 4 is 32.5 Å². The highest BCUT2D eigenvalue weighted by molar-refractivity contribution is 9.10. The number of alkyl halides is 3. The summed E-state index contributed by atoms with van der Waals surface area (Å²) in [6.07, 6.45) is -2.82. The van der Waals surface area contributed by atoms with Gasteiger partial charge in [-0.3, -0.25) is 9.59 Å². The van der Waals surface area contributed by atoms with E-state index < -0.39 is 47.2 Å². The lowest BCUT2D eigenvalue weighted by atomic mass is 10.0. The largest absolute Gasteiger partial charge is 0.378 e. The monoisotopic (exact) mass is 544 g/mol. The molecule has 3 aromatic rings. The molecule has 2 aromatic heterocycles. The van der Waals surface area contributed by atoms with Gasteiger partial charge in [-0.2, -0.15) is 5.10 Å². The van der Waals surface area contributed by atoms with Crippen LogP contribution in [0.5, 0.6) is 0 Å². The minimum absolute atomic E-state index is 0.0118. The van der Waals surface area contributed by atoms with Crippen molar-refractivity contribution in [2.75, 3.05) is 18.5 Å². The Kier molecular flexibility index (Phi) is 6.81. The topological polar surface area (TPSA) is 78.2 Å². The fourth-order valence-corrected chi connectivity index (χ4v) is 4.70. The maximum Gasteiger partial charge on any atom is 0.275 e. The van der Waals surface area contributed by atoms with Gasteiger partial charge in [0.15, 0.2) is 5.82 Å². The van der Waals surface area contributed by atoms with E-state index in [1.54, 1.807) is 6.92 Å². The van der Waals surface area contributed by atoms with E-state index in [1.807, 2.05) is 0 Å². The normalized spacial score (nSPS) is 19.5. The van der Waals surface area contributed by atoms with E-state index in [9.17, 15) is 27.2 Å². The van der Waals surface area contributed by atoms with E-state index in [4.69, 9.17) is 4.74 Å². The minimum Gasteiger partial charge on any atom is -0.378 e. The smallest absolute Gasteiger partial charge is 0.275 e. The third-order valence-electron chi connectivity index (χ3n) is 5.92. The minimum atomic E-state index is -2.98. The quantitative estimate of drug-likeness (QED) is 0.481. The Bertz CT molecular complexity index is 1360. The Balaban J connectivity index is 1.86. The molecule has 182 valence electrons. The molecule has 1 aliphatic rings. The van der Waals surface area contributed by atoms with Gasteiger partial charge in [0, 0.05) is 30.8 Å². The molecule has 3 atom stereocenters. The Labute approximate surface area is 199 Å². The predicted molar refractivity (Wildman–Crippen MR) is 122 cm³/mol. The summed E-state index contributed by atoms with van der Waals surface area (Å²) in [7, 11) is 1.38. The first-order valence-corrected chi connectivity index (χ1v) is 11.3. The van der Waals surface area contributed by atoms with Gasteiger partial charge in [0.2, 0.25) is 0 Å². The molecule has 0 saturated carbocycles. The zero-order valence-electron chi connectivity index (χ0n) is 18.2. The summed E-state index contributed by atoms with van der Waals surface area (Å²) >= 11 is 3.19. The Morgan fingerprint density at radius 3 is 2.62 bits per heavy atom. The lowest BCUT2D eigenvalue weighted by molar-refractivity contribution is 0.00241. The summed E-state index contributed by atoms with van der Waals surface area (Å²) in [6, 6.07) is 2.06. The summed E-state index contributed by atoms with van der Waals surface area (Å²) in [4.78, 5) is 25.8. The van der Waals surface area contributed by atoms with E-state index in [1.165, 1.54) is 29.9 Å². The lowest BCUT2D eigenvalue weighted by Gasteiger charge is -2.28. The SMILES string of the molecule is C[C@@H](Nc1nn(C)c(=O)c2c(Br)c(=O)n([C@H]3CCOC[C@H]3F)cc12)c1cccc(C(F)F)c1F. The zero-order valence-corrected chi connectivity index (χ0v) is 19.8. The average molecular weight is 545 g/mol. The van der Waals surface area contributed by atoms with Crippen LogP contribution in [-0.2, 0) is 11.8 Å². The first-order valence-electron chi connectivity index (χ1n) is 10.5. The molecule has 1 fully saturated rings. The number of benzene rings is 1. The molecule has 34 heavy (non-hydrogen) atoms. The molecule has 7 nitrogen and oxygen atoms in total. The van der Waals surface area contributed by atoms with Crippen LogP contribution in [0.4, 0.5) is 23.4 Å². The van der Waals surface area contributed by atoms with Gasteiger partial charge in [0.25, 0.3) is 17.5 Å². The maximum absolute atomic E-state index is 14.7. The van der Waals surface area contributed by atoms with E-state index in [0.29, 0.717) is 0 Å². The molecule has 0 bridgehead atoms. The highest BCUT2D eigenvalue weighted by atomic mass is 79.9. The van der Waals surface area contributed by atoms with Gasteiger partial charge < -0.3 is 14.6 Å². The molecule has 0 aliphatic carbocycles. The van der Waals surface area contributed by atoms with Crippen molar-refractivity contribution in [1.82, 2.24) is 14.3 Å². The molecule has 1 saturated heterocycles. The Morgan fingerprint density at radius 2 is 1.94 bits per heavy atom. The number of hydrogen-bond donors (Lipinski definition) is 1. The molecular weight excluding hydrogens is 524 g/mol. The Hall–Kier alpha value is -2.73. The number of aromatic nitrogens is 3. The standard InChI is InChI=1S/C22H21BrF4N4O3/c1-10(11-4-3-5-12(18(11)25)19(26)27)28-20-13-8-31(15-6-7-34-9-14(15)24)22(33)17(23)16(13)21(32)30(2)29-20/h3-5,8,10,14-15,19H,6-7,9H2,1-2H3,(H,28,29)/t10-,14-,15+/m1/s1. The van der Waals surface area contributed by atoms with Gasteiger partial charge in [-0.25, -0.2) is 22.2 Å². The maximum atomic E-state index is 14.7. The average Bonchev–Trinajstić information content (AvgIpc) is 2.79. The fourth-order valence-electron chi connectivity index (χ4n) is 4.11. The van der Waals surface area contributed by atoms with E-state index in [2.05, 4.69) is 26.3 Å². The summed E-state index contributed by atoms with van der Waals surface area (Å²) < 4.78 is 62.8. The van der Waals surface area contributed by atoms with Crippen molar-refractivity contribution in [3.8, 4) is 0 Å². The van der Waals surface area contributed by atoms with Crippen molar-refractivity contribution < 1.29 is 22.3 Å². The van der Waals surface area contributed by atoms with Crippen molar-refractivity contribution in [3.63, 3.8) is 0 Å². The summed E-state index contributed by atoms with van der Waals surface area (Å²) in [5, 5.41) is 7.36. The van der Waals surface area contributed by atoms with Crippen LogP contribution in [0.1, 0.15) is 43.0 Å². The van der Waals surface area contributed by atoms with Gasteiger partial charge in [0.1, 0.15) is 12.0 Å². The first-order chi connectivity index (χ1) is 16.1. The molecule has 1 N–H and O–H groups in total. The molecule has 0 unspecified atom stereocenters. The van der Waals surface area contributed by atoms with Crippen LogP contribution in [0.2, 0.25) is 0 Å². The van der Waals surface area contributed by atoms with E-state index in [0.717, 1.165) is 10.7 Å². The van der Waals surface area contributed by atoms with Gasteiger partial charge in [-0.05, 0) is 29.3 Å². The van der Waals surface area contributed by atoms with Crippen molar-refractivity contribution in [2.24, 2.45) is 7.05 Å². The van der Waals surface area contributed by atoms with Crippen LogP contribution in [0, 0.1) is 5.82 Å². The number of nitrogens with one attached hydrogen (secondary N) is 1. The van der Waals surface area contributed by atoms with Crippen LogP contribution in [-0.4, -0.2) is 33.7 Å². The number of halogens is 5. The first kappa shape index (κ1) is 24.4. The number of hydrogen-bond acceptors (Lipinski definition) is 5. The van der Waals surface area contributed by atoms with Crippen LogP contribution in [0.25, 0.3) is 10.8 Å². The van der Waals surface area contributed by atoms with Crippen LogP contribution in [0.3, 0.4) is 0 Å². The molecule has 0 spiro atoms. The molecule has 3 heterocycles. The number of fused-ring (bicyclic) bond motifs is 1. The van der Waals surface area contributed by atoms with Crippen molar-refractivity contribution in [3.05, 3.63) is 66.5 Å². The van der Waals surface area contributed by atoms with Gasteiger partial charge in [0.05, 0.1) is 34.1 Å². The summed E-state index contributed by atoms with van der Waals surface area (Å²) in [5.74, 6) is -0.949. The molecule has 1 aromatic carbocycles. The third kappa shape index (κ3) is 4.24. The zero-order chi connectivity index (χ0) is 24.7. The number of aryl methyl sites for hydroxylation is 1. The molecule has 4 rings (SSSR count). The fraction of sp³-hybridized carbons (Fsp3) is 0.409. The van der Waals surface area contributed by atoms with Crippen LogP contribution in [0.15, 0.2) is 38.5 Å². The summed E-state index contributed by atoms with van der Waals surface area (Å²) in [6.45, 7) is 1.65. The van der Waals surface area contributed by atoms with Crippen molar-refractivity contribution in [1.29, 1.82) is 0 Å². The second kappa shape index (κ2) is 9.49. The lowest BCUT2D eigenvalue weighted by Crippen LogP contribution is -2.37. The number of ether oxygens (including phenoxy) is 1. The second-order valence-corrected chi connectivity index (χ2v) is 8.88. The number of pyridine rings is 1. The Morgan fingerprint density at radius 1 is 1.24 bits per heavy atom. The second-order valence-electron chi connectivity index (χ2n) is 8.09. The summed E-state index contributed by atoms with van der Waals surface area (Å²) in [5.41, 5.74) is -1.91. The van der Waals surface area contributed by atoms with E-state index >= 15 is 0 Å². The molecule has 1 aliphatic heterocycles. The number of anilines is 1. The molecule has 0 amide bonds. The molecule has 0 radical (unpaired) electrons. The van der Waals surface area contributed by atoms with Crippen LogP contribution >= 0.6 is 15.9 Å². The highest BCUT2D eigenvalue weighted by Crippen LogP contribution is 2.32. The van der Waals surface area contributed by atoms with Crippen molar-refractivity contribution in [2.45, 2.75) is 38.0 Å². The number of nitrogens with zero attached hydrogens (tertiary/aromatic N) is 3. The highest BCUT2D eigenvalue weighted by Gasteiger charge is 2.30. The third-order valence-corrected chi connectivity index (χ3v) is 6.65. The van der Waals surface area contributed by atoms with Gasteiger partial charge in [-0.15, -0.1) is 0 Å².